The number of nitrogen functional groups attached to an aromatic ring is 1. The Bertz CT molecular complexity index is 498. The highest BCUT2D eigenvalue weighted by Gasteiger charge is 2.18. The number of amides is 2. The number of rotatable bonds is 6. The van der Waals surface area contributed by atoms with Crippen molar-refractivity contribution in [3.05, 3.63) is 23.8 Å². The van der Waals surface area contributed by atoms with Crippen molar-refractivity contribution in [2.75, 3.05) is 37.3 Å². The molecule has 1 rings (SSSR count). The number of hydrogen-bond donors (Lipinski definition) is 2. The Kier molecular flexibility index (Phi) is 5.37. The van der Waals surface area contributed by atoms with E-state index in [1.165, 1.54) is 0 Å². The van der Waals surface area contributed by atoms with Gasteiger partial charge >= 0.3 is 0 Å². The number of anilines is 2. The zero-order valence-electron chi connectivity index (χ0n) is 12.2. The highest BCUT2D eigenvalue weighted by atomic mass is 16.2. The number of hydrogen-bond acceptors (Lipinski definition) is 4. The fourth-order valence-corrected chi connectivity index (χ4v) is 2.14. The maximum atomic E-state index is 12.1. The van der Waals surface area contributed by atoms with E-state index >= 15 is 0 Å². The van der Waals surface area contributed by atoms with Crippen LogP contribution in [0.15, 0.2) is 18.2 Å². The average molecular weight is 278 g/mol. The molecule has 0 saturated heterocycles. The predicted molar refractivity (Wildman–Crippen MR) is 80.6 cm³/mol. The van der Waals surface area contributed by atoms with Crippen LogP contribution < -0.4 is 16.4 Å². The minimum atomic E-state index is -0.561. The SMILES string of the molecule is CCN(CC)C(=O)CN(C)c1c(N)cccc1C(N)=O. The van der Waals surface area contributed by atoms with Crippen molar-refractivity contribution in [3.63, 3.8) is 0 Å². The normalized spacial score (nSPS) is 10.2. The second-order valence-electron chi connectivity index (χ2n) is 4.53. The second-order valence-corrected chi connectivity index (χ2v) is 4.53. The molecule has 2 amide bonds. The van der Waals surface area contributed by atoms with Crippen molar-refractivity contribution >= 4 is 23.2 Å². The second kappa shape index (κ2) is 6.79. The third kappa shape index (κ3) is 3.40. The fraction of sp³-hybridized carbons (Fsp3) is 0.429. The van der Waals surface area contributed by atoms with E-state index in [4.69, 9.17) is 11.5 Å². The van der Waals surface area contributed by atoms with Gasteiger partial charge in [-0.25, -0.2) is 0 Å². The Balaban J connectivity index is 3.01. The quantitative estimate of drug-likeness (QED) is 0.748. The highest BCUT2D eigenvalue weighted by Crippen LogP contribution is 2.26. The molecule has 0 aromatic heterocycles. The molecule has 0 saturated carbocycles. The number of likely N-dealkylation sites (N-methyl/N-ethyl adjacent to an activating group) is 2. The van der Waals surface area contributed by atoms with E-state index in [2.05, 4.69) is 0 Å². The van der Waals surface area contributed by atoms with Gasteiger partial charge in [0.25, 0.3) is 5.91 Å². The summed E-state index contributed by atoms with van der Waals surface area (Å²) in [6.45, 7) is 5.29. The molecule has 0 unspecified atom stereocenters. The van der Waals surface area contributed by atoms with Gasteiger partial charge in [-0.1, -0.05) is 6.07 Å². The van der Waals surface area contributed by atoms with Crippen LogP contribution in [0.4, 0.5) is 11.4 Å². The van der Waals surface area contributed by atoms with Gasteiger partial charge in [0.05, 0.1) is 23.5 Å². The fourth-order valence-electron chi connectivity index (χ4n) is 2.14. The standard InChI is InChI=1S/C14H22N4O2/c1-4-18(5-2)12(19)9-17(3)13-10(14(16)20)7-6-8-11(13)15/h6-8H,4-5,9,15H2,1-3H3,(H2,16,20). The van der Waals surface area contributed by atoms with Crippen LogP contribution >= 0.6 is 0 Å². The van der Waals surface area contributed by atoms with E-state index < -0.39 is 5.91 Å². The molecule has 0 aliphatic carbocycles. The zero-order valence-corrected chi connectivity index (χ0v) is 12.2. The summed E-state index contributed by atoms with van der Waals surface area (Å²) < 4.78 is 0. The molecule has 0 bridgehead atoms. The van der Waals surface area contributed by atoms with E-state index in [-0.39, 0.29) is 12.5 Å². The maximum Gasteiger partial charge on any atom is 0.250 e. The van der Waals surface area contributed by atoms with Crippen LogP contribution in [0, 0.1) is 0 Å². The number of primary amides is 1. The molecule has 6 heteroatoms. The Morgan fingerprint density at radius 2 is 1.80 bits per heavy atom. The van der Waals surface area contributed by atoms with E-state index in [0.29, 0.717) is 30.0 Å². The molecule has 0 atom stereocenters. The average Bonchev–Trinajstić information content (AvgIpc) is 2.39. The van der Waals surface area contributed by atoms with Crippen LogP contribution in [0.5, 0.6) is 0 Å². The first-order valence-corrected chi connectivity index (χ1v) is 6.59. The first-order valence-electron chi connectivity index (χ1n) is 6.59. The largest absolute Gasteiger partial charge is 0.397 e. The van der Waals surface area contributed by atoms with Gasteiger partial charge in [0.15, 0.2) is 0 Å². The minimum absolute atomic E-state index is 0.0174. The summed E-state index contributed by atoms with van der Waals surface area (Å²) in [5, 5.41) is 0. The van der Waals surface area contributed by atoms with Gasteiger partial charge in [-0.15, -0.1) is 0 Å². The number of nitrogens with zero attached hydrogens (tertiary/aromatic N) is 2. The van der Waals surface area contributed by atoms with Crippen molar-refractivity contribution < 1.29 is 9.59 Å². The first-order chi connectivity index (χ1) is 9.42. The molecule has 0 fully saturated rings. The van der Waals surface area contributed by atoms with Crippen LogP contribution in [-0.2, 0) is 4.79 Å². The van der Waals surface area contributed by atoms with Gasteiger partial charge in [-0.3, -0.25) is 9.59 Å². The lowest BCUT2D eigenvalue weighted by atomic mass is 10.1. The third-order valence-corrected chi connectivity index (χ3v) is 3.20. The van der Waals surface area contributed by atoms with Crippen LogP contribution in [0.1, 0.15) is 24.2 Å². The lowest BCUT2D eigenvalue weighted by Crippen LogP contribution is -2.39. The molecule has 0 aliphatic heterocycles. The monoisotopic (exact) mass is 278 g/mol. The highest BCUT2D eigenvalue weighted by molar-refractivity contribution is 6.02. The van der Waals surface area contributed by atoms with Crippen molar-refractivity contribution in [2.24, 2.45) is 5.73 Å². The summed E-state index contributed by atoms with van der Waals surface area (Å²) in [5.41, 5.74) is 12.5. The summed E-state index contributed by atoms with van der Waals surface area (Å²) in [4.78, 5) is 26.9. The predicted octanol–water partition coefficient (Wildman–Crippen LogP) is 0.672. The van der Waals surface area contributed by atoms with Gasteiger partial charge in [0, 0.05) is 20.1 Å². The zero-order chi connectivity index (χ0) is 15.3. The Morgan fingerprint density at radius 1 is 1.20 bits per heavy atom. The van der Waals surface area contributed by atoms with Gasteiger partial charge < -0.3 is 21.3 Å². The van der Waals surface area contributed by atoms with Gasteiger partial charge in [-0.05, 0) is 26.0 Å². The first kappa shape index (κ1) is 15.8. The van der Waals surface area contributed by atoms with Crippen LogP contribution in [0.3, 0.4) is 0 Å². The topological polar surface area (TPSA) is 92.7 Å². The van der Waals surface area contributed by atoms with Gasteiger partial charge in [0.1, 0.15) is 0 Å². The summed E-state index contributed by atoms with van der Waals surface area (Å²) in [7, 11) is 1.72. The maximum absolute atomic E-state index is 12.1. The molecule has 0 aliphatic rings. The Morgan fingerprint density at radius 3 is 2.30 bits per heavy atom. The van der Waals surface area contributed by atoms with Crippen LogP contribution in [-0.4, -0.2) is 43.4 Å². The summed E-state index contributed by atoms with van der Waals surface area (Å²) in [6.07, 6.45) is 0. The lowest BCUT2D eigenvalue weighted by molar-refractivity contribution is -0.129. The molecule has 0 heterocycles. The molecule has 1 aromatic rings. The van der Waals surface area contributed by atoms with Crippen molar-refractivity contribution in [2.45, 2.75) is 13.8 Å². The Labute approximate surface area is 119 Å². The molecule has 110 valence electrons. The summed E-state index contributed by atoms with van der Waals surface area (Å²) in [6, 6.07) is 4.95. The number of carbonyl (C=O) groups is 2. The van der Waals surface area contributed by atoms with Crippen molar-refractivity contribution in [3.8, 4) is 0 Å². The smallest absolute Gasteiger partial charge is 0.250 e. The molecule has 4 N–H and O–H groups in total. The summed E-state index contributed by atoms with van der Waals surface area (Å²) >= 11 is 0. The number of carbonyl (C=O) groups excluding carboxylic acids is 2. The van der Waals surface area contributed by atoms with Gasteiger partial charge in [0.2, 0.25) is 5.91 Å². The number of para-hydroxylation sites is 1. The molecule has 20 heavy (non-hydrogen) atoms. The molecular weight excluding hydrogens is 256 g/mol. The van der Waals surface area contributed by atoms with E-state index in [1.54, 1.807) is 35.0 Å². The number of benzene rings is 1. The number of nitrogens with two attached hydrogens (primary N) is 2. The van der Waals surface area contributed by atoms with E-state index in [9.17, 15) is 9.59 Å². The molecule has 1 aromatic carbocycles. The van der Waals surface area contributed by atoms with E-state index in [1.807, 2.05) is 13.8 Å². The minimum Gasteiger partial charge on any atom is -0.397 e. The van der Waals surface area contributed by atoms with Gasteiger partial charge in [-0.2, -0.15) is 0 Å². The molecule has 0 radical (unpaired) electrons. The lowest BCUT2D eigenvalue weighted by Gasteiger charge is -2.26. The van der Waals surface area contributed by atoms with Crippen LogP contribution in [0.2, 0.25) is 0 Å². The van der Waals surface area contributed by atoms with Crippen molar-refractivity contribution in [1.29, 1.82) is 0 Å². The van der Waals surface area contributed by atoms with E-state index in [0.717, 1.165) is 0 Å². The Hall–Kier alpha value is -2.24. The van der Waals surface area contributed by atoms with Crippen molar-refractivity contribution in [1.82, 2.24) is 4.90 Å². The molecular formula is C14H22N4O2. The molecule has 0 spiro atoms. The van der Waals surface area contributed by atoms with Crippen LogP contribution in [0.25, 0.3) is 0 Å². The third-order valence-electron chi connectivity index (χ3n) is 3.20. The summed E-state index contributed by atoms with van der Waals surface area (Å²) in [5.74, 6) is -0.578. The molecule has 6 nitrogen and oxygen atoms in total.